The Hall–Kier alpha value is -3.04. The van der Waals surface area contributed by atoms with Crippen LogP contribution in [0.2, 0.25) is 0 Å². The first kappa shape index (κ1) is 26.0. The van der Waals surface area contributed by atoms with Crippen molar-refractivity contribution in [3.63, 3.8) is 0 Å². The number of carbonyl (C=O) groups excluding carboxylic acids is 3. The van der Waals surface area contributed by atoms with E-state index in [2.05, 4.69) is 15.7 Å². The van der Waals surface area contributed by atoms with Crippen LogP contribution in [0.4, 0.5) is 4.79 Å². The lowest BCUT2D eigenvalue weighted by Crippen LogP contribution is -2.63. The average molecular weight is 502 g/mol. The number of rotatable bonds is 9. The van der Waals surface area contributed by atoms with Crippen LogP contribution in [0, 0.1) is 29.1 Å². The van der Waals surface area contributed by atoms with Crippen molar-refractivity contribution >= 4 is 24.1 Å². The van der Waals surface area contributed by atoms with Gasteiger partial charge in [0.25, 0.3) is 5.91 Å². The van der Waals surface area contributed by atoms with E-state index in [-0.39, 0.29) is 35.6 Å². The molecule has 5 rings (SSSR count). The molecule has 4 saturated carbocycles. The van der Waals surface area contributed by atoms with Crippen molar-refractivity contribution in [2.75, 3.05) is 13.7 Å². The Bertz CT molecular complexity index is 1030. The summed E-state index contributed by atoms with van der Waals surface area (Å²) in [7, 11) is 1.59. The highest BCUT2D eigenvalue weighted by atomic mass is 16.6. The monoisotopic (exact) mass is 501 g/mol. The zero-order valence-electron chi connectivity index (χ0n) is 21.9. The van der Waals surface area contributed by atoms with Crippen LogP contribution in [0.15, 0.2) is 12.3 Å². The molecule has 2 atom stereocenters. The fraction of sp³-hybridized carbons (Fsp3) is 0.692. The molecule has 0 radical (unpaired) electrons. The molecule has 4 fully saturated rings. The smallest absolute Gasteiger partial charge is 0.405 e. The van der Waals surface area contributed by atoms with Crippen molar-refractivity contribution in [1.29, 1.82) is 0 Å². The number of hydrogen-bond donors (Lipinski definition) is 3. The lowest BCUT2D eigenvalue weighted by atomic mass is 9.52. The lowest BCUT2D eigenvalue weighted by molar-refractivity contribution is -0.137. The second kappa shape index (κ2) is 9.78. The number of primary amides is 1. The van der Waals surface area contributed by atoms with E-state index in [1.54, 1.807) is 33.2 Å². The molecule has 4 N–H and O–H groups in total. The van der Waals surface area contributed by atoms with E-state index in [4.69, 9.17) is 15.2 Å². The van der Waals surface area contributed by atoms with Crippen LogP contribution in [-0.4, -0.2) is 53.0 Å². The van der Waals surface area contributed by atoms with Gasteiger partial charge in [-0.1, -0.05) is 19.9 Å². The van der Waals surface area contributed by atoms with Crippen LogP contribution in [0.1, 0.15) is 70.2 Å². The van der Waals surface area contributed by atoms with Crippen LogP contribution in [0.3, 0.4) is 0 Å². The number of nitrogens with zero attached hydrogens (tertiary/aromatic N) is 2. The molecule has 4 aliphatic carbocycles. The minimum atomic E-state index is -0.762. The molecule has 10 nitrogen and oxygen atoms in total. The van der Waals surface area contributed by atoms with Gasteiger partial charge in [0.1, 0.15) is 11.2 Å². The standard InChI is InChI=1S/C26H39N5O5/c1-15(2)14-35-22-19(13-29-31(22)7-6-25(3,4)23(33)28-5)21(32)30-20-17-8-16-9-18(20)12-26(10-16,11-17)36-24(27)34/h6-7,13,15-18,20H,8-12,14H2,1-5H3,(H2,27,34)(H,28,33)(H,30,32)/b7-6+/t16?,17?,18?,20-,26-. The summed E-state index contributed by atoms with van der Waals surface area (Å²) in [6.07, 6.45) is 8.52. The minimum absolute atomic E-state index is 0.00248. The van der Waals surface area contributed by atoms with Crippen molar-refractivity contribution in [2.45, 2.75) is 71.4 Å². The van der Waals surface area contributed by atoms with Gasteiger partial charge in [-0.25, -0.2) is 9.48 Å². The van der Waals surface area contributed by atoms with E-state index in [0.717, 1.165) is 32.1 Å². The van der Waals surface area contributed by atoms with E-state index in [9.17, 15) is 14.4 Å². The predicted octanol–water partition coefficient (Wildman–Crippen LogP) is 2.93. The molecule has 0 aromatic carbocycles. The number of carbonyl (C=O) groups is 3. The molecule has 0 spiro atoms. The maximum absolute atomic E-state index is 13.5. The highest BCUT2D eigenvalue weighted by Crippen LogP contribution is 2.57. The third kappa shape index (κ3) is 5.22. The molecular formula is C26H39N5O5. The Balaban J connectivity index is 1.53. The summed E-state index contributed by atoms with van der Waals surface area (Å²) in [4.78, 5) is 37.2. The molecule has 0 saturated heterocycles. The van der Waals surface area contributed by atoms with Crippen LogP contribution >= 0.6 is 0 Å². The lowest BCUT2D eigenvalue weighted by Gasteiger charge is -2.58. The molecular weight excluding hydrogens is 462 g/mol. The van der Waals surface area contributed by atoms with Gasteiger partial charge in [0.05, 0.1) is 18.2 Å². The summed E-state index contributed by atoms with van der Waals surface area (Å²) in [5.74, 6) is 1.21. The van der Waals surface area contributed by atoms with Crippen molar-refractivity contribution < 1.29 is 23.9 Å². The van der Waals surface area contributed by atoms with Gasteiger partial charge in [-0.2, -0.15) is 5.10 Å². The number of ether oxygens (including phenoxy) is 2. The van der Waals surface area contributed by atoms with E-state index in [1.165, 1.54) is 10.9 Å². The Morgan fingerprint density at radius 2 is 1.92 bits per heavy atom. The highest BCUT2D eigenvalue weighted by molar-refractivity contribution is 5.96. The summed E-state index contributed by atoms with van der Waals surface area (Å²) < 4.78 is 13.1. The van der Waals surface area contributed by atoms with E-state index < -0.39 is 17.1 Å². The number of nitrogens with one attached hydrogen (secondary N) is 2. The quantitative estimate of drug-likeness (QED) is 0.476. The SMILES string of the molecule is CNC(=O)C(C)(C)/C=C/n1ncc(C(=O)N[C@H]2C3CC4CC2C[C@](OC(N)=O)(C4)C3)c1OCC(C)C. The van der Waals surface area contributed by atoms with Crippen LogP contribution in [0.5, 0.6) is 5.88 Å². The average Bonchev–Trinajstić information content (AvgIpc) is 3.19. The third-order valence-electron chi connectivity index (χ3n) is 7.82. The molecule has 1 aromatic heterocycles. The van der Waals surface area contributed by atoms with Crippen molar-refractivity contribution in [1.82, 2.24) is 20.4 Å². The van der Waals surface area contributed by atoms with Gasteiger partial charge < -0.3 is 25.8 Å². The molecule has 4 aliphatic rings. The van der Waals surface area contributed by atoms with Gasteiger partial charge in [0.2, 0.25) is 11.8 Å². The molecule has 4 bridgehead atoms. The number of aromatic nitrogens is 2. The fourth-order valence-corrected chi connectivity index (χ4v) is 6.41. The zero-order chi connectivity index (χ0) is 26.3. The van der Waals surface area contributed by atoms with E-state index in [0.29, 0.717) is 24.0 Å². The summed E-state index contributed by atoms with van der Waals surface area (Å²) in [5.41, 5.74) is 4.48. The Labute approximate surface area is 212 Å². The molecule has 10 heteroatoms. The van der Waals surface area contributed by atoms with Gasteiger partial charge in [-0.15, -0.1) is 0 Å². The number of nitrogens with two attached hydrogens (primary N) is 1. The van der Waals surface area contributed by atoms with E-state index in [1.807, 2.05) is 13.8 Å². The van der Waals surface area contributed by atoms with Gasteiger partial charge in [0.15, 0.2) is 0 Å². The summed E-state index contributed by atoms with van der Waals surface area (Å²) in [6, 6.07) is 0.00248. The summed E-state index contributed by atoms with van der Waals surface area (Å²) >= 11 is 0. The van der Waals surface area contributed by atoms with E-state index >= 15 is 0 Å². The maximum Gasteiger partial charge on any atom is 0.405 e. The molecule has 1 heterocycles. The molecule has 198 valence electrons. The normalized spacial score (nSPS) is 28.9. The van der Waals surface area contributed by atoms with Gasteiger partial charge in [0, 0.05) is 19.3 Å². The number of amides is 3. The van der Waals surface area contributed by atoms with Crippen molar-refractivity contribution in [3.05, 3.63) is 17.8 Å². The molecule has 1 aromatic rings. The Kier molecular flexibility index (Phi) is 7.07. The van der Waals surface area contributed by atoms with Gasteiger partial charge in [-0.3, -0.25) is 9.59 Å². The Morgan fingerprint density at radius 1 is 1.25 bits per heavy atom. The minimum Gasteiger partial charge on any atom is -0.477 e. The molecule has 2 unspecified atom stereocenters. The predicted molar refractivity (Wildman–Crippen MR) is 134 cm³/mol. The van der Waals surface area contributed by atoms with Gasteiger partial charge in [-0.05, 0) is 69.6 Å². The molecule has 3 amide bonds. The fourth-order valence-electron chi connectivity index (χ4n) is 6.41. The largest absolute Gasteiger partial charge is 0.477 e. The first-order valence-corrected chi connectivity index (χ1v) is 12.8. The zero-order valence-corrected chi connectivity index (χ0v) is 21.9. The first-order valence-electron chi connectivity index (χ1n) is 12.8. The van der Waals surface area contributed by atoms with Crippen LogP contribution < -0.4 is 21.1 Å². The second-order valence-corrected chi connectivity index (χ2v) is 11.7. The Morgan fingerprint density at radius 3 is 2.50 bits per heavy atom. The van der Waals surface area contributed by atoms with Crippen LogP contribution in [-0.2, 0) is 9.53 Å². The van der Waals surface area contributed by atoms with Crippen LogP contribution in [0.25, 0.3) is 6.20 Å². The number of hydrogen-bond acceptors (Lipinski definition) is 6. The maximum atomic E-state index is 13.5. The third-order valence-corrected chi connectivity index (χ3v) is 7.82. The summed E-state index contributed by atoms with van der Waals surface area (Å²) in [6.45, 7) is 8.08. The molecule has 0 aliphatic heterocycles. The first-order chi connectivity index (χ1) is 16.9. The van der Waals surface area contributed by atoms with Crippen molar-refractivity contribution in [2.24, 2.45) is 34.8 Å². The topological polar surface area (TPSA) is 138 Å². The molecule has 36 heavy (non-hydrogen) atoms. The van der Waals surface area contributed by atoms with Gasteiger partial charge >= 0.3 is 6.09 Å². The summed E-state index contributed by atoms with van der Waals surface area (Å²) in [5, 5.41) is 10.3. The highest BCUT2D eigenvalue weighted by Gasteiger charge is 2.57. The second-order valence-electron chi connectivity index (χ2n) is 11.7. The van der Waals surface area contributed by atoms with Crippen molar-refractivity contribution in [3.8, 4) is 5.88 Å².